The van der Waals surface area contributed by atoms with Crippen molar-refractivity contribution in [3.63, 3.8) is 0 Å². The molecule has 5 heteroatoms. The first-order valence-corrected chi connectivity index (χ1v) is 9.16. The van der Waals surface area contributed by atoms with E-state index in [1.165, 1.54) is 30.0 Å². The summed E-state index contributed by atoms with van der Waals surface area (Å²) in [5, 5.41) is 1.08. The van der Waals surface area contributed by atoms with Crippen LogP contribution in [-0.4, -0.2) is 39.5 Å². The summed E-state index contributed by atoms with van der Waals surface area (Å²) in [6, 6.07) is 4.78. The number of pyridine rings is 1. The Kier molecular flexibility index (Phi) is 4.70. The first kappa shape index (κ1) is 14.0. The molecule has 106 valence electrons. The van der Waals surface area contributed by atoms with Gasteiger partial charge in [-0.1, -0.05) is 0 Å². The molecule has 1 fully saturated rings. The average molecular weight is 305 g/mol. The molecule has 0 aliphatic carbocycles. The predicted octanol–water partition coefficient (Wildman–Crippen LogP) is 3.53. The summed E-state index contributed by atoms with van der Waals surface area (Å²) in [5.74, 6) is 1.24. The molecule has 0 unspecified atom stereocenters. The van der Waals surface area contributed by atoms with Gasteiger partial charge in [0.2, 0.25) is 0 Å². The van der Waals surface area contributed by atoms with E-state index in [2.05, 4.69) is 27.2 Å². The summed E-state index contributed by atoms with van der Waals surface area (Å²) in [6.45, 7) is 2.27. The summed E-state index contributed by atoms with van der Waals surface area (Å²) in [5.41, 5.74) is 1.12. The molecule has 1 atom stereocenters. The Morgan fingerprint density at radius 1 is 1.45 bits per heavy atom. The van der Waals surface area contributed by atoms with Crippen LogP contribution in [0.2, 0.25) is 0 Å². The van der Waals surface area contributed by atoms with Crippen molar-refractivity contribution in [1.29, 1.82) is 0 Å². The zero-order valence-corrected chi connectivity index (χ0v) is 13.3. The van der Waals surface area contributed by atoms with Crippen LogP contribution in [-0.2, 0) is 6.54 Å². The van der Waals surface area contributed by atoms with E-state index in [0.29, 0.717) is 0 Å². The van der Waals surface area contributed by atoms with Crippen molar-refractivity contribution in [3.8, 4) is 10.6 Å². The van der Waals surface area contributed by atoms with E-state index >= 15 is 0 Å². The predicted molar refractivity (Wildman–Crippen MR) is 87.2 cm³/mol. The largest absolute Gasteiger partial charge is 0.294 e. The van der Waals surface area contributed by atoms with Crippen LogP contribution in [0.1, 0.15) is 17.7 Å². The molecular weight excluding hydrogens is 286 g/mol. The molecule has 0 bridgehead atoms. The number of likely N-dealkylation sites (tertiary alicyclic amines) is 1. The molecule has 20 heavy (non-hydrogen) atoms. The van der Waals surface area contributed by atoms with E-state index in [-0.39, 0.29) is 0 Å². The first-order valence-electron chi connectivity index (χ1n) is 6.95. The molecule has 1 saturated heterocycles. The minimum Gasteiger partial charge on any atom is -0.294 e. The van der Waals surface area contributed by atoms with Crippen LogP contribution < -0.4 is 0 Å². The van der Waals surface area contributed by atoms with Crippen molar-refractivity contribution in [2.45, 2.75) is 25.4 Å². The molecule has 0 aromatic carbocycles. The standard InChI is InChI=1S/C15H19N3S2/c1-19-11-13-5-3-7-18(13)10-14-9-17-15(20-14)12-4-2-6-16-8-12/h2,4,6,8-9,13H,3,5,7,10-11H2,1H3/t13-/m0/s1. The highest BCUT2D eigenvalue weighted by Crippen LogP contribution is 2.28. The smallest absolute Gasteiger partial charge is 0.125 e. The Balaban J connectivity index is 1.68. The number of thioether (sulfide) groups is 1. The molecule has 0 spiro atoms. The second-order valence-corrected chi connectivity index (χ2v) is 7.12. The third-order valence-corrected chi connectivity index (χ3v) is 5.43. The van der Waals surface area contributed by atoms with Gasteiger partial charge in [0.05, 0.1) is 0 Å². The fourth-order valence-electron chi connectivity index (χ4n) is 2.69. The normalized spacial score (nSPS) is 19.6. The summed E-state index contributed by atoms with van der Waals surface area (Å²) in [4.78, 5) is 12.7. The van der Waals surface area contributed by atoms with Gasteiger partial charge in [-0.05, 0) is 37.8 Å². The summed E-state index contributed by atoms with van der Waals surface area (Å²) in [6.07, 6.45) is 10.6. The van der Waals surface area contributed by atoms with Crippen LogP contribution in [0.3, 0.4) is 0 Å². The van der Waals surface area contributed by atoms with Gasteiger partial charge in [0, 0.05) is 47.4 Å². The van der Waals surface area contributed by atoms with Gasteiger partial charge in [0.1, 0.15) is 5.01 Å². The van der Waals surface area contributed by atoms with Crippen molar-refractivity contribution in [3.05, 3.63) is 35.6 Å². The van der Waals surface area contributed by atoms with Gasteiger partial charge in [-0.25, -0.2) is 4.98 Å². The molecule has 2 aromatic rings. The molecule has 3 rings (SSSR count). The fraction of sp³-hybridized carbons (Fsp3) is 0.467. The van der Waals surface area contributed by atoms with E-state index < -0.39 is 0 Å². The van der Waals surface area contributed by atoms with Crippen LogP contribution >= 0.6 is 23.1 Å². The maximum absolute atomic E-state index is 4.55. The number of thiazole rings is 1. The highest BCUT2D eigenvalue weighted by Gasteiger charge is 2.24. The molecule has 0 radical (unpaired) electrons. The van der Waals surface area contributed by atoms with Crippen molar-refractivity contribution < 1.29 is 0 Å². The maximum atomic E-state index is 4.55. The summed E-state index contributed by atoms with van der Waals surface area (Å²) in [7, 11) is 0. The molecule has 0 N–H and O–H groups in total. The molecule has 0 amide bonds. The quantitative estimate of drug-likeness (QED) is 0.845. The van der Waals surface area contributed by atoms with Crippen LogP contribution in [0.25, 0.3) is 10.6 Å². The number of nitrogens with zero attached hydrogens (tertiary/aromatic N) is 3. The van der Waals surface area contributed by atoms with E-state index in [1.54, 1.807) is 17.5 Å². The van der Waals surface area contributed by atoms with Gasteiger partial charge in [-0.2, -0.15) is 11.8 Å². The zero-order valence-electron chi connectivity index (χ0n) is 11.7. The van der Waals surface area contributed by atoms with Gasteiger partial charge < -0.3 is 0 Å². The van der Waals surface area contributed by atoms with Crippen LogP contribution in [0, 0.1) is 0 Å². The van der Waals surface area contributed by atoms with Crippen molar-refractivity contribution in [2.24, 2.45) is 0 Å². The Labute approximate surface area is 128 Å². The maximum Gasteiger partial charge on any atom is 0.125 e. The average Bonchev–Trinajstić information content (AvgIpc) is 3.11. The molecule has 2 aromatic heterocycles. The van der Waals surface area contributed by atoms with Gasteiger partial charge in [0.25, 0.3) is 0 Å². The topological polar surface area (TPSA) is 29.0 Å². The SMILES string of the molecule is CSC[C@@H]1CCCN1Cc1cnc(-c2cccnc2)s1. The van der Waals surface area contributed by atoms with Crippen molar-refractivity contribution >= 4 is 23.1 Å². The number of aromatic nitrogens is 2. The molecule has 3 heterocycles. The monoisotopic (exact) mass is 305 g/mol. The van der Waals surface area contributed by atoms with Gasteiger partial charge in [0.15, 0.2) is 0 Å². The van der Waals surface area contributed by atoms with E-state index in [1.807, 2.05) is 30.2 Å². The van der Waals surface area contributed by atoms with Gasteiger partial charge >= 0.3 is 0 Å². The molecule has 3 nitrogen and oxygen atoms in total. The second-order valence-electron chi connectivity index (χ2n) is 5.10. The van der Waals surface area contributed by atoms with E-state index in [4.69, 9.17) is 0 Å². The lowest BCUT2D eigenvalue weighted by molar-refractivity contribution is 0.266. The van der Waals surface area contributed by atoms with Crippen LogP contribution in [0.5, 0.6) is 0 Å². The molecular formula is C15H19N3S2. The van der Waals surface area contributed by atoms with Crippen LogP contribution in [0.15, 0.2) is 30.7 Å². The lowest BCUT2D eigenvalue weighted by Gasteiger charge is -2.22. The fourth-order valence-corrected chi connectivity index (χ4v) is 4.38. The number of hydrogen-bond donors (Lipinski definition) is 0. The zero-order chi connectivity index (χ0) is 13.8. The lowest BCUT2D eigenvalue weighted by atomic mass is 10.2. The van der Waals surface area contributed by atoms with Crippen LogP contribution in [0.4, 0.5) is 0 Å². The highest BCUT2D eigenvalue weighted by molar-refractivity contribution is 7.98. The van der Waals surface area contributed by atoms with Crippen molar-refractivity contribution in [1.82, 2.24) is 14.9 Å². The summed E-state index contributed by atoms with van der Waals surface area (Å²) < 4.78 is 0. The number of rotatable bonds is 5. The molecule has 1 aliphatic heterocycles. The summed E-state index contributed by atoms with van der Waals surface area (Å²) >= 11 is 3.75. The van der Waals surface area contributed by atoms with Gasteiger partial charge in [-0.3, -0.25) is 9.88 Å². The third kappa shape index (κ3) is 3.22. The molecule has 0 saturated carbocycles. The Morgan fingerprint density at radius 3 is 3.20 bits per heavy atom. The highest BCUT2D eigenvalue weighted by atomic mass is 32.2. The van der Waals surface area contributed by atoms with Crippen molar-refractivity contribution in [2.75, 3.05) is 18.6 Å². The van der Waals surface area contributed by atoms with E-state index in [0.717, 1.165) is 23.2 Å². The van der Waals surface area contributed by atoms with E-state index in [9.17, 15) is 0 Å². The Bertz CT molecular complexity index is 541. The van der Waals surface area contributed by atoms with Gasteiger partial charge in [-0.15, -0.1) is 11.3 Å². The Hall–Kier alpha value is -0.910. The lowest BCUT2D eigenvalue weighted by Crippen LogP contribution is -2.30. The second kappa shape index (κ2) is 6.70. The third-order valence-electron chi connectivity index (χ3n) is 3.68. The molecule has 1 aliphatic rings. The minimum absolute atomic E-state index is 0.744. The number of hydrogen-bond acceptors (Lipinski definition) is 5. The minimum atomic E-state index is 0.744. The Morgan fingerprint density at radius 2 is 2.40 bits per heavy atom. The first-order chi connectivity index (χ1) is 9.86.